The van der Waals surface area contributed by atoms with E-state index in [1.165, 1.54) is 6.07 Å². The van der Waals surface area contributed by atoms with Crippen molar-refractivity contribution in [3.8, 4) is 0 Å². The van der Waals surface area contributed by atoms with Crippen LogP contribution in [0.2, 0.25) is 0 Å². The first-order valence-electron chi connectivity index (χ1n) is 6.29. The lowest BCUT2D eigenvalue weighted by atomic mass is 9.78. The smallest absolute Gasteiger partial charge is 0.123 e. The number of benzene rings is 1. The van der Waals surface area contributed by atoms with E-state index in [9.17, 15) is 9.50 Å². The fourth-order valence-electron chi connectivity index (χ4n) is 3.25. The van der Waals surface area contributed by atoms with E-state index in [2.05, 4.69) is 0 Å². The second-order valence-electron chi connectivity index (χ2n) is 5.11. The van der Waals surface area contributed by atoms with Gasteiger partial charge in [0.15, 0.2) is 0 Å². The molecular weight excluding hydrogens is 219 g/mol. The fourth-order valence-corrected chi connectivity index (χ4v) is 3.25. The van der Waals surface area contributed by atoms with E-state index in [0.717, 1.165) is 50.0 Å². The molecule has 1 unspecified atom stereocenters. The van der Waals surface area contributed by atoms with E-state index in [1.807, 2.05) is 0 Å². The molecule has 1 atom stereocenters. The van der Waals surface area contributed by atoms with Gasteiger partial charge in [-0.25, -0.2) is 4.39 Å². The van der Waals surface area contributed by atoms with Gasteiger partial charge in [-0.15, -0.1) is 0 Å². The molecule has 92 valence electrons. The Morgan fingerprint density at radius 3 is 2.82 bits per heavy atom. The summed E-state index contributed by atoms with van der Waals surface area (Å²) >= 11 is 0. The minimum atomic E-state index is -0.757. The highest BCUT2D eigenvalue weighted by Crippen LogP contribution is 2.45. The Hall–Kier alpha value is -0.930. The van der Waals surface area contributed by atoms with Crippen LogP contribution in [0, 0.1) is 11.7 Å². The Morgan fingerprint density at radius 1 is 1.29 bits per heavy atom. The molecule has 3 rings (SSSR count). The van der Waals surface area contributed by atoms with Crippen molar-refractivity contribution in [1.82, 2.24) is 0 Å². The Bertz CT molecular complexity index is 426. The van der Waals surface area contributed by atoms with Crippen molar-refractivity contribution in [3.05, 3.63) is 35.1 Å². The molecule has 1 N–H and O–H groups in total. The number of hydrogen-bond donors (Lipinski definition) is 1. The van der Waals surface area contributed by atoms with Gasteiger partial charge in [-0.05, 0) is 54.9 Å². The average Bonchev–Trinajstić information content (AvgIpc) is 2.69. The van der Waals surface area contributed by atoms with Crippen LogP contribution in [0.5, 0.6) is 0 Å². The summed E-state index contributed by atoms with van der Waals surface area (Å²) in [5.41, 5.74) is 1.15. The number of aliphatic hydroxyl groups is 1. The van der Waals surface area contributed by atoms with Gasteiger partial charge in [0.1, 0.15) is 5.82 Å². The lowest BCUT2D eigenvalue weighted by Crippen LogP contribution is -2.36. The summed E-state index contributed by atoms with van der Waals surface area (Å²) in [5.74, 6) is 0.0444. The molecule has 0 spiro atoms. The third-order valence-electron chi connectivity index (χ3n) is 4.21. The van der Waals surface area contributed by atoms with Gasteiger partial charge in [-0.1, -0.05) is 6.07 Å². The summed E-state index contributed by atoms with van der Waals surface area (Å²) in [7, 11) is 0. The van der Waals surface area contributed by atoms with Crippen LogP contribution in [0.15, 0.2) is 18.2 Å². The zero-order chi connectivity index (χ0) is 11.9. The molecule has 2 aliphatic rings. The zero-order valence-corrected chi connectivity index (χ0v) is 9.79. The monoisotopic (exact) mass is 236 g/mol. The maximum absolute atomic E-state index is 13.2. The SMILES string of the molecule is OC1(C2CCOCC2)CCc2cc(F)ccc21. The molecule has 1 aliphatic carbocycles. The standard InChI is InChI=1S/C14H17FO2/c15-12-1-2-13-10(9-12)3-6-14(13,16)11-4-7-17-8-5-11/h1-2,9,11,16H,3-8H2. The molecule has 0 saturated carbocycles. The Labute approximate surface area is 100 Å². The van der Waals surface area contributed by atoms with Gasteiger partial charge in [-0.2, -0.15) is 0 Å². The number of halogens is 1. The summed E-state index contributed by atoms with van der Waals surface area (Å²) in [4.78, 5) is 0. The highest BCUT2D eigenvalue weighted by molar-refractivity contribution is 5.38. The zero-order valence-electron chi connectivity index (χ0n) is 9.79. The van der Waals surface area contributed by atoms with Crippen LogP contribution >= 0.6 is 0 Å². The Morgan fingerprint density at radius 2 is 2.06 bits per heavy atom. The molecule has 0 amide bonds. The second-order valence-corrected chi connectivity index (χ2v) is 5.11. The Kier molecular flexibility index (Phi) is 2.68. The summed E-state index contributed by atoms with van der Waals surface area (Å²) < 4.78 is 18.5. The van der Waals surface area contributed by atoms with Crippen LogP contribution in [0.25, 0.3) is 0 Å². The van der Waals surface area contributed by atoms with Crippen molar-refractivity contribution in [2.75, 3.05) is 13.2 Å². The van der Waals surface area contributed by atoms with Crippen LogP contribution in [0.4, 0.5) is 4.39 Å². The van der Waals surface area contributed by atoms with Gasteiger partial charge in [0.2, 0.25) is 0 Å². The highest BCUT2D eigenvalue weighted by atomic mass is 19.1. The summed E-state index contributed by atoms with van der Waals surface area (Å²) in [6.07, 6.45) is 3.29. The molecule has 1 aromatic carbocycles. The van der Waals surface area contributed by atoms with Crippen LogP contribution in [0.3, 0.4) is 0 Å². The van der Waals surface area contributed by atoms with Gasteiger partial charge in [0.25, 0.3) is 0 Å². The second kappa shape index (κ2) is 4.07. The average molecular weight is 236 g/mol. The summed E-state index contributed by atoms with van der Waals surface area (Å²) in [6, 6.07) is 4.77. The van der Waals surface area contributed by atoms with Gasteiger partial charge in [0.05, 0.1) is 5.60 Å². The molecule has 17 heavy (non-hydrogen) atoms. The topological polar surface area (TPSA) is 29.5 Å². The van der Waals surface area contributed by atoms with Crippen molar-refractivity contribution in [2.45, 2.75) is 31.3 Å². The van der Waals surface area contributed by atoms with Crippen molar-refractivity contribution in [3.63, 3.8) is 0 Å². The van der Waals surface area contributed by atoms with Crippen molar-refractivity contribution >= 4 is 0 Å². The number of ether oxygens (including phenoxy) is 1. The third kappa shape index (κ3) is 1.78. The van der Waals surface area contributed by atoms with E-state index in [1.54, 1.807) is 12.1 Å². The van der Waals surface area contributed by atoms with E-state index in [4.69, 9.17) is 4.74 Å². The minimum Gasteiger partial charge on any atom is -0.385 e. The predicted octanol–water partition coefficient (Wildman–Crippen LogP) is 2.39. The number of fused-ring (bicyclic) bond motifs is 1. The summed E-state index contributed by atoms with van der Waals surface area (Å²) in [5, 5.41) is 10.9. The van der Waals surface area contributed by atoms with Gasteiger partial charge < -0.3 is 9.84 Å². The van der Waals surface area contributed by atoms with Crippen molar-refractivity contribution in [2.24, 2.45) is 5.92 Å². The lowest BCUT2D eigenvalue weighted by Gasteiger charge is -2.36. The lowest BCUT2D eigenvalue weighted by molar-refractivity contribution is -0.0692. The maximum Gasteiger partial charge on any atom is 0.123 e. The number of rotatable bonds is 1. The van der Waals surface area contributed by atoms with E-state index < -0.39 is 5.60 Å². The van der Waals surface area contributed by atoms with Crippen LogP contribution < -0.4 is 0 Å². The minimum absolute atomic E-state index is 0.208. The first kappa shape index (κ1) is 11.2. The molecule has 0 radical (unpaired) electrons. The fraction of sp³-hybridized carbons (Fsp3) is 0.571. The normalized spacial score (nSPS) is 29.3. The van der Waals surface area contributed by atoms with Crippen LogP contribution in [-0.4, -0.2) is 18.3 Å². The first-order chi connectivity index (χ1) is 8.20. The van der Waals surface area contributed by atoms with Gasteiger partial charge in [-0.3, -0.25) is 0 Å². The Balaban J connectivity index is 1.95. The quantitative estimate of drug-likeness (QED) is 0.811. The number of aryl methyl sites for hydroxylation is 1. The molecule has 1 aliphatic heterocycles. The van der Waals surface area contributed by atoms with Crippen LogP contribution in [0.1, 0.15) is 30.4 Å². The largest absolute Gasteiger partial charge is 0.385 e. The van der Waals surface area contributed by atoms with Crippen molar-refractivity contribution < 1.29 is 14.2 Å². The molecule has 1 heterocycles. The van der Waals surface area contributed by atoms with E-state index in [0.29, 0.717) is 0 Å². The van der Waals surface area contributed by atoms with Gasteiger partial charge in [0, 0.05) is 13.2 Å². The highest BCUT2D eigenvalue weighted by Gasteiger charge is 2.43. The van der Waals surface area contributed by atoms with Crippen molar-refractivity contribution in [1.29, 1.82) is 0 Å². The number of hydrogen-bond acceptors (Lipinski definition) is 2. The molecule has 1 fully saturated rings. The van der Waals surface area contributed by atoms with E-state index >= 15 is 0 Å². The molecule has 3 heteroatoms. The summed E-state index contributed by atoms with van der Waals surface area (Å²) in [6.45, 7) is 1.45. The molecule has 0 bridgehead atoms. The molecule has 1 aromatic rings. The maximum atomic E-state index is 13.2. The first-order valence-corrected chi connectivity index (χ1v) is 6.29. The van der Waals surface area contributed by atoms with E-state index in [-0.39, 0.29) is 11.7 Å². The molecule has 0 aromatic heterocycles. The molecule has 1 saturated heterocycles. The van der Waals surface area contributed by atoms with Gasteiger partial charge >= 0.3 is 0 Å². The molecular formula is C14H17FO2. The predicted molar refractivity (Wildman–Crippen MR) is 62.2 cm³/mol. The molecule has 2 nitrogen and oxygen atoms in total. The third-order valence-corrected chi connectivity index (χ3v) is 4.21. The van der Waals surface area contributed by atoms with Crippen LogP contribution in [-0.2, 0) is 16.8 Å².